The summed E-state index contributed by atoms with van der Waals surface area (Å²) in [5.41, 5.74) is 6.68. The van der Waals surface area contributed by atoms with E-state index in [4.69, 9.17) is 4.74 Å². The van der Waals surface area contributed by atoms with Crippen LogP contribution in [0.2, 0.25) is 0 Å². The number of nitrogens with one attached hydrogen (secondary N) is 2. The first-order valence-electron chi connectivity index (χ1n) is 9.71. The summed E-state index contributed by atoms with van der Waals surface area (Å²) < 4.78 is 44.8. The largest absolute Gasteiger partial charge is 0.494 e. The number of aliphatic imine (C=N–C) groups is 1. The zero-order valence-electron chi connectivity index (χ0n) is 16.5. The minimum Gasteiger partial charge on any atom is -0.494 e. The molecular weight excluding hydrogens is 427 g/mol. The van der Waals surface area contributed by atoms with Gasteiger partial charge in [0.2, 0.25) is 0 Å². The molecular formula is C21H18F3N5OS. The van der Waals surface area contributed by atoms with Gasteiger partial charge in [-0.2, -0.15) is 13.2 Å². The smallest absolute Gasteiger partial charge is 0.433 e. The first kappa shape index (κ1) is 20.2. The van der Waals surface area contributed by atoms with E-state index in [1.54, 1.807) is 6.07 Å². The van der Waals surface area contributed by atoms with Gasteiger partial charge < -0.3 is 4.74 Å². The third-order valence-electron chi connectivity index (χ3n) is 5.70. The van der Waals surface area contributed by atoms with Crippen LogP contribution in [0.3, 0.4) is 0 Å². The molecule has 1 aliphatic heterocycles. The monoisotopic (exact) mass is 445 g/mol. The van der Waals surface area contributed by atoms with Gasteiger partial charge in [-0.05, 0) is 36.8 Å². The number of rotatable bonds is 3. The molecule has 2 aliphatic carbocycles. The second-order valence-electron chi connectivity index (χ2n) is 7.75. The lowest BCUT2D eigenvalue weighted by atomic mass is 10.1. The van der Waals surface area contributed by atoms with Crippen LogP contribution >= 0.6 is 11.8 Å². The van der Waals surface area contributed by atoms with Crippen molar-refractivity contribution in [3.05, 3.63) is 36.4 Å². The third-order valence-corrected chi connectivity index (χ3v) is 6.59. The molecule has 2 atom stereocenters. The Hall–Kier alpha value is -2.77. The van der Waals surface area contributed by atoms with E-state index in [1.165, 1.54) is 50.5 Å². The molecule has 0 aromatic carbocycles. The standard InChI is InChI=1S/C21H18F3N5OS/c1-30-16-11-26-17(21(22,23)24)8-13(16)14-10-25-7-4-15(14)27-19-29-28-18(31-19)3-2-12-9-20(12)5-6-20/h4,7-8,10-12,18,28H,5-6,9H2,1H3,(H,25,27,29). The quantitative estimate of drug-likeness (QED) is 0.693. The second-order valence-corrected chi connectivity index (χ2v) is 8.85. The van der Waals surface area contributed by atoms with Gasteiger partial charge in [-0.3, -0.25) is 10.4 Å². The number of thioether (sulfide) groups is 1. The maximum atomic E-state index is 13.2. The molecule has 3 aliphatic rings. The molecule has 2 aromatic heterocycles. The second kappa shape index (κ2) is 7.43. The molecule has 3 fully saturated rings. The Balaban J connectivity index is 1.41. The van der Waals surface area contributed by atoms with Crippen molar-refractivity contribution in [3.8, 4) is 28.7 Å². The van der Waals surface area contributed by atoms with Crippen molar-refractivity contribution >= 4 is 22.6 Å². The molecule has 10 heteroatoms. The summed E-state index contributed by atoms with van der Waals surface area (Å²) in [7, 11) is 1.38. The number of alkyl halides is 3. The minimum absolute atomic E-state index is 0.132. The van der Waals surface area contributed by atoms with E-state index in [1.807, 2.05) is 0 Å². The van der Waals surface area contributed by atoms with Gasteiger partial charge >= 0.3 is 6.18 Å². The lowest BCUT2D eigenvalue weighted by Gasteiger charge is -2.13. The first-order valence-corrected chi connectivity index (χ1v) is 10.6. The molecule has 1 spiro atoms. The number of nitrogens with zero attached hydrogens (tertiary/aromatic N) is 3. The summed E-state index contributed by atoms with van der Waals surface area (Å²) in [6.45, 7) is 0. The Labute approximate surface area is 181 Å². The number of hydrogen-bond donors (Lipinski definition) is 2. The fourth-order valence-corrected chi connectivity index (χ4v) is 4.37. The molecule has 2 N–H and O–H groups in total. The van der Waals surface area contributed by atoms with Gasteiger partial charge in [-0.1, -0.05) is 23.6 Å². The highest BCUT2D eigenvalue weighted by atomic mass is 32.2. The minimum atomic E-state index is -4.57. The fraction of sp³-hybridized carbons (Fsp3) is 0.381. The number of hydrogen-bond acceptors (Lipinski definition) is 6. The molecule has 0 amide bonds. The van der Waals surface area contributed by atoms with Crippen LogP contribution in [-0.2, 0) is 6.18 Å². The van der Waals surface area contributed by atoms with Crippen molar-refractivity contribution in [2.45, 2.75) is 30.8 Å². The number of methoxy groups -OCH3 is 1. The maximum Gasteiger partial charge on any atom is 0.433 e. The van der Waals surface area contributed by atoms with E-state index in [2.05, 4.69) is 37.7 Å². The molecule has 31 heavy (non-hydrogen) atoms. The average molecular weight is 445 g/mol. The molecule has 0 radical (unpaired) electrons. The van der Waals surface area contributed by atoms with E-state index in [0.717, 1.165) is 12.3 Å². The van der Waals surface area contributed by atoms with Gasteiger partial charge in [0.1, 0.15) is 16.8 Å². The Morgan fingerprint density at radius 1 is 1.26 bits per heavy atom. The lowest BCUT2D eigenvalue weighted by molar-refractivity contribution is -0.141. The van der Waals surface area contributed by atoms with Crippen LogP contribution in [0.15, 0.2) is 35.7 Å². The first-order chi connectivity index (χ1) is 14.9. The van der Waals surface area contributed by atoms with E-state index < -0.39 is 11.9 Å². The predicted octanol–water partition coefficient (Wildman–Crippen LogP) is 4.13. The summed E-state index contributed by atoms with van der Waals surface area (Å²) in [5.74, 6) is 7.30. The molecule has 160 valence electrons. The molecule has 6 nitrogen and oxygen atoms in total. The summed E-state index contributed by atoms with van der Waals surface area (Å²) in [4.78, 5) is 12.1. The summed E-state index contributed by atoms with van der Waals surface area (Å²) in [6, 6.07) is 2.59. The maximum absolute atomic E-state index is 13.2. The molecule has 3 heterocycles. The van der Waals surface area contributed by atoms with Crippen LogP contribution in [-0.4, -0.2) is 27.6 Å². The van der Waals surface area contributed by atoms with Crippen LogP contribution in [0, 0.1) is 23.2 Å². The lowest BCUT2D eigenvalue weighted by Crippen LogP contribution is -2.30. The van der Waals surface area contributed by atoms with Crippen molar-refractivity contribution in [2.75, 3.05) is 7.11 Å². The topological polar surface area (TPSA) is 71.4 Å². The summed E-state index contributed by atoms with van der Waals surface area (Å²) in [5, 5.41) is 0.445. The molecule has 2 unspecified atom stereocenters. The Morgan fingerprint density at radius 3 is 2.81 bits per heavy atom. The Kier molecular flexibility index (Phi) is 4.83. The number of ether oxygens (including phenoxy) is 1. The zero-order valence-corrected chi connectivity index (χ0v) is 17.3. The van der Waals surface area contributed by atoms with Gasteiger partial charge in [0, 0.05) is 29.4 Å². The van der Waals surface area contributed by atoms with Crippen molar-refractivity contribution in [3.63, 3.8) is 0 Å². The number of hydrazine groups is 1. The van der Waals surface area contributed by atoms with Crippen LogP contribution in [0.4, 0.5) is 18.9 Å². The molecule has 0 bridgehead atoms. The molecule has 2 aromatic rings. The van der Waals surface area contributed by atoms with Crippen molar-refractivity contribution in [2.24, 2.45) is 16.3 Å². The number of halogens is 3. The highest BCUT2D eigenvalue weighted by molar-refractivity contribution is 8.14. The summed E-state index contributed by atoms with van der Waals surface area (Å²) in [6.07, 6.45) is 3.28. The number of pyridine rings is 2. The van der Waals surface area contributed by atoms with Crippen LogP contribution in [0.25, 0.3) is 11.1 Å². The zero-order chi connectivity index (χ0) is 21.6. The van der Waals surface area contributed by atoms with Crippen LogP contribution < -0.4 is 15.6 Å². The highest BCUT2D eigenvalue weighted by Gasteiger charge is 2.62. The van der Waals surface area contributed by atoms with Gasteiger partial charge in [0.05, 0.1) is 19.0 Å². The Bertz CT molecular complexity index is 1120. The number of aromatic nitrogens is 2. The number of amidine groups is 1. The third kappa shape index (κ3) is 4.07. The average Bonchev–Trinajstić information content (AvgIpc) is 3.64. The van der Waals surface area contributed by atoms with E-state index >= 15 is 0 Å². The van der Waals surface area contributed by atoms with Crippen LogP contribution in [0.1, 0.15) is 25.0 Å². The van der Waals surface area contributed by atoms with Gasteiger partial charge in [-0.25, -0.2) is 15.4 Å². The highest BCUT2D eigenvalue weighted by Crippen LogP contribution is 2.70. The summed E-state index contributed by atoms with van der Waals surface area (Å²) >= 11 is 1.43. The van der Waals surface area contributed by atoms with Crippen LogP contribution in [0.5, 0.6) is 5.75 Å². The van der Waals surface area contributed by atoms with Gasteiger partial charge in [0.15, 0.2) is 5.17 Å². The molecule has 2 saturated carbocycles. The van der Waals surface area contributed by atoms with E-state index in [0.29, 0.717) is 27.8 Å². The van der Waals surface area contributed by atoms with Crippen molar-refractivity contribution in [1.82, 2.24) is 20.8 Å². The normalized spacial score (nSPS) is 24.5. The fourth-order valence-electron chi connectivity index (χ4n) is 3.63. The van der Waals surface area contributed by atoms with Gasteiger partial charge in [0.25, 0.3) is 0 Å². The van der Waals surface area contributed by atoms with E-state index in [-0.39, 0.29) is 16.7 Å². The Morgan fingerprint density at radius 2 is 2.10 bits per heavy atom. The van der Waals surface area contributed by atoms with Crippen molar-refractivity contribution < 1.29 is 17.9 Å². The van der Waals surface area contributed by atoms with E-state index in [9.17, 15) is 13.2 Å². The van der Waals surface area contributed by atoms with Gasteiger partial charge in [-0.15, -0.1) is 0 Å². The molecule has 5 rings (SSSR count). The molecule has 1 saturated heterocycles. The predicted molar refractivity (Wildman–Crippen MR) is 111 cm³/mol. The SMILES string of the molecule is COc1cnc(C(F)(F)F)cc1-c1cnccc1N=C1NNC(C#CC2CC23CC3)S1. The van der Waals surface area contributed by atoms with Crippen molar-refractivity contribution in [1.29, 1.82) is 0 Å².